The fourth-order valence-corrected chi connectivity index (χ4v) is 3.03. The SMILES string of the molecule is CC1CCC(N(C)C(=O)[C@H](N)Cc2ccccc2)CC1. The second-order valence-electron chi connectivity index (χ2n) is 6.16. The molecule has 0 unspecified atom stereocenters. The molecule has 1 aliphatic rings. The minimum Gasteiger partial charge on any atom is -0.341 e. The molecule has 1 aromatic rings. The van der Waals surface area contributed by atoms with Gasteiger partial charge in [0.05, 0.1) is 6.04 Å². The summed E-state index contributed by atoms with van der Waals surface area (Å²) in [4.78, 5) is 14.3. The molecule has 0 aromatic heterocycles. The number of nitrogens with zero attached hydrogens (tertiary/aromatic N) is 1. The van der Waals surface area contributed by atoms with E-state index in [0.717, 1.165) is 24.3 Å². The highest BCUT2D eigenvalue weighted by Crippen LogP contribution is 2.26. The van der Waals surface area contributed by atoms with Gasteiger partial charge in [-0.15, -0.1) is 0 Å². The van der Waals surface area contributed by atoms with Gasteiger partial charge in [-0.1, -0.05) is 37.3 Å². The van der Waals surface area contributed by atoms with Gasteiger partial charge in [0.2, 0.25) is 5.91 Å². The van der Waals surface area contributed by atoms with E-state index < -0.39 is 6.04 Å². The number of carbonyl (C=O) groups is 1. The molecule has 0 spiro atoms. The molecule has 1 saturated carbocycles. The van der Waals surface area contributed by atoms with Crippen molar-refractivity contribution >= 4 is 5.91 Å². The van der Waals surface area contributed by atoms with Crippen LogP contribution in [0.3, 0.4) is 0 Å². The molecule has 1 fully saturated rings. The van der Waals surface area contributed by atoms with Gasteiger partial charge in [0.15, 0.2) is 0 Å². The Morgan fingerprint density at radius 1 is 1.25 bits per heavy atom. The molecular formula is C17H26N2O. The van der Waals surface area contributed by atoms with Crippen LogP contribution in [0.4, 0.5) is 0 Å². The number of likely N-dealkylation sites (N-methyl/N-ethyl adjacent to an activating group) is 1. The maximum atomic E-state index is 12.4. The highest BCUT2D eigenvalue weighted by Gasteiger charge is 2.27. The van der Waals surface area contributed by atoms with E-state index in [4.69, 9.17) is 5.73 Å². The molecule has 3 heteroatoms. The van der Waals surface area contributed by atoms with Crippen molar-refractivity contribution < 1.29 is 4.79 Å². The summed E-state index contributed by atoms with van der Waals surface area (Å²) >= 11 is 0. The molecule has 20 heavy (non-hydrogen) atoms. The van der Waals surface area contributed by atoms with Crippen molar-refractivity contribution in [3.05, 3.63) is 35.9 Å². The van der Waals surface area contributed by atoms with Crippen LogP contribution >= 0.6 is 0 Å². The normalized spacial score (nSPS) is 24.1. The summed E-state index contributed by atoms with van der Waals surface area (Å²) in [6, 6.07) is 9.94. The van der Waals surface area contributed by atoms with Gasteiger partial charge in [-0.2, -0.15) is 0 Å². The topological polar surface area (TPSA) is 46.3 Å². The second kappa shape index (κ2) is 6.89. The molecule has 0 heterocycles. The summed E-state index contributed by atoms with van der Waals surface area (Å²) in [5.74, 6) is 0.876. The zero-order valence-electron chi connectivity index (χ0n) is 12.6. The predicted octanol–water partition coefficient (Wildman–Crippen LogP) is 2.59. The Labute approximate surface area is 122 Å². The van der Waals surface area contributed by atoms with Crippen LogP contribution in [0.5, 0.6) is 0 Å². The highest BCUT2D eigenvalue weighted by molar-refractivity contribution is 5.82. The first-order chi connectivity index (χ1) is 9.58. The lowest BCUT2D eigenvalue weighted by molar-refractivity contribution is -0.134. The van der Waals surface area contributed by atoms with Crippen molar-refractivity contribution in [3.8, 4) is 0 Å². The average molecular weight is 274 g/mol. The summed E-state index contributed by atoms with van der Waals surface area (Å²) in [6.07, 6.45) is 5.28. The number of carbonyl (C=O) groups excluding carboxylic acids is 1. The van der Waals surface area contributed by atoms with Crippen LogP contribution in [-0.4, -0.2) is 29.9 Å². The van der Waals surface area contributed by atoms with Crippen molar-refractivity contribution in [2.45, 2.75) is 51.1 Å². The molecule has 1 aliphatic carbocycles. The fourth-order valence-electron chi connectivity index (χ4n) is 3.03. The molecule has 0 aliphatic heterocycles. The Morgan fingerprint density at radius 3 is 2.45 bits per heavy atom. The van der Waals surface area contributed by atoms with Crippen LogP contribution in [0.25, 0.3) is 0 Å². The van der Waals surface area contributed by atoms with E-state index in [1.165, 1.54) is 12.8 Å². The van der Waals surface area contributed by atoms with E-state index in [9.17, 15) is 4.79 Å². The molecule has 2 rings (SSSR count). The lowest BCUT2D eigenvalue weighted by atomic mass is 9.86. The third-order valence-corrected chi connectivity index (χ3v) is 4.50. The maximum Gasteiger partial charge on any atom is 0.239 e. The van der Waals surface area contributed by atoms with Crippen LogP contribution in [0.2, 0.25) is 0 Å². The molecule has 110 valence electrons. The van der Waals surface area contributed by atoms with Crippen molar-refractivity contribution in [3.63, 3.8) is 0 Å². The first-order valence-electron chi connectivity index (χ1n) is 7.64. The minimum atomic E-state index is -0.429. The first-order valence-corrected chi connectivity index (χ1v) is 7.64. The number of nitrogens with two attached hydrogens (primary N) is 1. The van der Waals surface area contributed by atoms with Crippen molar-refractivity contribution in [1.82, 2.24) is 4.90 Å². The van der Waals surface area contributed by atoms with Gasteiger partial charge < -0.3 is 10.6 Å². The Kier molecular flexibility index (Phi) is 5.18. The van der Waals surface area contributed by atoms with Crippen LogP contribution in [0, 0.1) is 5.92 Å². The van der Waals surface area contributed by atoms with Crippen LogP contribution in [0.15, 0.2) is 30.3 Å². The molecule has 1 amide bonds. The highest BCUT2D eigenvalue weighted by atomic mass is 16.2. The lowest BCUT2D eigenvalue weighted by Crippen LogP contribution is -2.48. The van der Waals surface area contributed by atoms with Gasteiger partial charge in [0.25, 0.3) is 0 Å². The molecule has 1 aromatic carbocycles. The first kappa shape index (κ1) is 15.0. The zero-order valence-corrected chi connectivity index (χ0v) is 12.6. The third-order valence-electron chi connectivity index (χ3n) is 4.50. The van der Waals surface area contributed by atoms with E-state index >= 15 is 0 Å². The number of rotatable bonds is 4. The molecule has 2 N–H and O–H groups in total. The van der Waals surface area contributed by atoms with Gasteiger partial charge in [0.1, 0.15) is 0 Å². The van der Waals surface area contributed by atoms with E-state index in [1.54, 1.807) is 0 Å². The Morgan fingerprint density at radius 2 is 1.85 bits per heavy atom. The van der Waals surface area contributed by atoms with Crippen LogP contribution < -0.4 is 5.73 Å². The van der Waals surface area contributed by atoms with Crippen LogP contribution in [0.1, 0.15) is 38.2 Å². The third kappa shape index (κ3) is 3.83. The van der Waals surface area contributed by atoms with Gasteiger partial charge in [-0.3, -0.25) is 4.79 Å². The summed E-state index contributed by atoms with van der Waals surface area (Å²) in [5.41, 5.74) is 7.22. The molecule has 0 bridgehead atoms. The number of hydrogen-bond donors (Lipinski definition) is 1. The van der Waals surface area contributed by atoms with Gasteiger partial charge in [0, 0.05) is 13.1 Å². The number of benzene rings is 1. The van der Waals surface area contributed by atoms with Gasteiger partial charge in [-0.25, -0.2) is 0 Å². The van der Waals surface area contributed by atoms with Crippen LogP contribution in [-0.2, 0) is 11.2 Å². The minimum absolute atomic E-state index is 0.0772. The lowest BCUT2D eigenvalue weighted by Gasteiger charge is -2.35. The molecule has 0 saturated heterocycles. The van der Waals surface area contributed by atoms with E-state index in [0.29, 0.717) is 12.5 Å². The second-order valence-corrected chi connectivity index (χ2v) is 6.16. The molecule has 1 atom stereocenters. The summed E-state index contributed by atoms with van der Waals surface area (Å²) in [5, 5.41) is 0. The zero-order chi connectivity index (χ0) is 14.5. The Balaban J connectivity index is 1.89. The fraction of sp³-hybridized carbons (Fsp3) is 0.588. The molecule has 3 nitrogen and oxygen atoms in total. The quantitative estimate of drug-likeness (QED) is 0.917. The number of amides is 1. The van der Waals surface area contributed by atoms with E-state index in [1.807, 2.05) is 42.3 Å². The Hall–Kier alpha value is -1.35. The van der Waals surface area contributed by atoms with Crippen molar-refractivity contribution in [2.75, 3.05) is 7.05 Å². The average Bonchev–Trinajstić information content (AvgIpc) is 2.47. The number of hydrogen-bond acceptors (Lipinski definition) is 2. The molecular weight excluding hydrogens is 248 g/mol. The van der Waals surface area contributed by atoms with Crippen molar-refractivity contribution in [1.29, 1.82) is 0 Å². The maximum absolute atomic E-state index is 12.4. The Bertz CT molecular complexity index is 424. The van der Waals surface area contributed by atoms with E-state index in [-0.39, 0.29) is 5.91 Å². The standard InChI is InChI=1S/C17H26N2O/c1-13-8-10-15(11-9-13)19(2)17(20)16(18)12-14-6-4-3-5-7-14/h3-7,13,15-16H,8-12,18H2,1-2H3/t13?,15?,16-/m1/s1. The van der Waals surface area contributed by atoms with Gasteiger partial charge >= 0.3 is 0 Å². The summed E-state index contributed by atoms with van der Waals surface area (Å²) in [7, 11) is 1.91. The van der Waals surface area contributed by atoms with Gasteiger partial charge in [-0.05, 0) is 43.6 Å². The predicted molar refractivity (Wildman–Crippen MR) is 82.3 cm³/mol. The van der Waals surface area contributed by atoms with E-state index in [2.05, 4.69) is 6.92 Å². The monoisotopic (exact) mass is 274 g/mol. The summed E-state index contributed by atoms with van der Waals surface area (Å²) < 4.78 is 0. The molecule has 0 radical (unpaired) electrons. The summed E-state index contributed by atoms with van der Waals surface area (Å²) in [6.45, 7) is 2.29. The largest absolute Gasteiger partial charge is 0.341 e. The smallest absolute Gasteiger partial charge is 0.239 e. The van der Waals surface area contributed by atoms with Crippen molar-refractivity contribution in [2.24, 2.45) is 11.7 Å².